The van der Waals surface area contributed by atoms with Crippen molar-refractivity contribution in [2.75, 3.05) is 5.32 Å². The van der Waals surface area contributed by atoms with Gasteiger partial charge in [0, 0.05) is 17.3 Å². The lowest BCUT2D eigenvalue weighted by atomic mass is 10.1. The smallest absolute Gasteiger partial charge is 0.182 e. The average molecular weight is 382 g/mol. The van der Waals surface area contributed by atoms with E-state index in [4.69, 9.17) is 11.6 Å². The highest BCUT2D eigenvalue weighted by Crippen LogP contribution is 2.29. The van der Waals surface area contributed by atoms with Crippen LogP contribution >= 0.6 is 11.6 Å². The molecule has 5 nitrogen and oxygen atoms in total. The molecule has 0 radical (unpaired) electrons. The Bertz CT molecular complexity index is 1080. The van der Waals surface area contributed by atoms with Crippen molar-refractivity contribution in [3.63, 3.8) is 0 Å². The van der Waals surface area contributed by atoms with Crippen LogP contribution in [-0.2, 0) is 0 Å². The number of para-hydroxylation sites is 1. The molecule has 0 atom stereocenters. The first-order chi connectivity index (χ1) is 13.0. The van der Waals surface area contributed by atoms with Gasteiger partial charge in [-0.3, -0.25) is 9.98 Å². The Morgan fingerprint density at radius 3 is 2.78 bits per heavy atom. The molecular weight excluding hydrogens is 365 g/mol. The second-order valence-electron chi connectivity index (χ2n) is 5.70. The molecular formula is C20H17ClFN5. The lowest BCUT2D eigenvalue weighted by molar-refractivity contribution is 0.628. The zero-order valence-electron chi connectivity index (χ0n) is 14.9. The number of aromatic nitrogens is 2. The minimum Gasteiger partial charge on any atom is -0.340 e. The summed E-state index contributed by atoms with van der Waals surface area (Å²) < 4.78 is 13.5. The number of benzene rings is 2. The second kappa shape index (κ2) is 8.05. The predicted molar refractivity (Wildman–Crippen MR) is 111 cm³/mol. The molecule has 0 saturated carbocycles. The second-order valence-corrected chi connectivity index (χ2v) is 6.11. The van der Waals surface area contributed by atoms with Gasteiger partial charge >= 0.3 is 0 Å². The molecule has 27 heavy (non-hydrogen) atoms. The van der Waals surface area contributed by atoms with Crippen LogP contribution in [-0.4, -0.2) is 22.9 Å². The highest BCUT2D eigenvalue weighted by Gasteiger charge is 2.13. The number of anilines is 2. The fourth-order valence-electron chi connectivity index (χ4n) is 2.53. The van der Waals surface area contributed by atoms with E-state index in [1.54, 1.807) is 25.4 Å². The first-order valence-corrected chi connectivity index (χ1v) is 8.55. The third-order valence-corrected chi connectivity index (χ3v) is 4.15. The summed E-state index contributed by atoms with van der Waals surface area (Å²) in [4.78, 5) is 17.3. The van der Waals surface area contributed by atoms with Crippen LogP contribution in [0.5, 0.6) is 0 Å². The first-order valence-electron chi connectivity index (χ1n) is 8.18. The van der Waals surface area contributed by atoms with Crippen molar-refractivity contribution >= 4 is 52.6 Å². The Kier molecular flexibility index (Phi) is 5.57. The quantitative estimate of drug-likeness (QED) is 0.588. The Hall–Kier alpha value is -3.12. The molecule has 3 aromatic rings. The summed E-state index contributed by atoms with van der Waals surface area (Å²) in [6, 6.07) is 10.2. The van der Waals surface area contributed by atoms with Gasteiger partial charge < -0.3 is 5.32 Å². The number of hydrogen-bond donors (Lipinski definition) is 1. The SMILES string of the molecule is C=N/C(=C\N=CC)c1nc(Nc2ccc(F)c(Cl)c2)c2cccc(C)c2n1. The van der Waals surface area contributed by atoms with E-state index in [2.05, 4.69) is 32.0 Å². The van der Waals surface area contributed by atoms with E-state index < -0.39 is 5.82 Å². The van der Waals surface area contributed by atoms with Crippen molar-refractivity contribution in [2.24, 2.45) is 9.98 Å². The van der Waals surface area contributed by atoms with E-state index in [0.29, 0.717) is 23.0 Å². The van der Waals surface area contributed by atoms with Crippen molar-refractivity contribution in [3.05, 3.63) is 64.8 Å². The Morgan fingerprint density at radius 1 is 1.26 bits per heavy atom. The Balaban J connectivity index is 2.19. The molecule has 0 bridgehead atoms. The van der Waals surface area contributed by atoms with Crippen molar-refractivity contribution in [2.45, 2.75) is 13.8 Å². The van der Waals surface area contributed by atoms with Gasteiger partial charge in [0.05, 0.1) is 16.7 Å². The molecule has 1 N–H and O–H groups in total. The fraction of sp³-hybridized carbons (Fsp3) is 0.100. The summed E-state index contributed by atoms with van der Waals surface area (Å²) >= 11 is 5.89. The maximum atomic E-state index is 13.5. The lowest BCUT2D eigenvalue weighted by Crippen LogP contribution is -2.02. The molecule has 1 aromatic heterocycles. The molecule has 3 rings (SSSR count). The third kappa shape index (κ3) is 4.01. The fourth-order valence-corrected chi connectivity index (χ4v) is 2.71. The summed E-state index contributed by atoms with van der Waals surface area (Å²) in [6.07, 6.45) is 3.18. The number of halogens is 2. The van der Waals surface area contributed by atoms with Gasteiger partial charge in [-0.2, -0.15) is 0 Å². The highest BCUT2D eigenvalue weighted by molar-refractivity contribution is 6.31. The Labute approximate surface area is 161 Å². The van der Waals surface area contributed by atoms with Crippen LogP contribution in [0.25, 0.3) is 16.6 Å². The zero-order valence-corrected chi connectivity index (χ0v) is 15.6. The molecule has 136 valence electrons. The van der Waals surface area contributed by atoms with Crippen LogP contribution in [0.3, 0.4) is 0 Å². The topological polar surface area (TPSA) is 62.5 Å². The van der Waals surface area contributed by atoms with Crippen LogP contribution < -0.4 is 5.32 Å². The van der Waals surface area contributed by atoms with Crippen molar-refractivity contribution in [1.82, 2.24) is 9.97 Å². The maximum Gasteiger partial charge on any atom is 0.182 e. The molecule has 0 amide bonds. The number of fused-ring (bicyclic) bond motifs is 1. The van der Waals surface area contributed by atoms with Crippen molar-refractivity contribution in [1.29, 1.82) is 0 Å². The number of nitrogens with one attached hydrogen (secondary N) is 1. The highest BCUT2D eigenvalue weighted by atomic mass is 35.5. The molecule has 0 unspecified atom stereocenters. The van der Waals surface area contributed by atoms with E-state index in [0.717, 1.165) is 16.5 Å². The lowest BCUT2D eigenvalue weighted by Gasteiger charge is -2.12. The van der Waals surface area contributed by atoms with E-state index in [1.165, 1.54) is 12.1 Å². The van der Waals surface area contributed by atoms with Crippen LogP contribution in [0.15, 0.2) is 52.6 Å². The molecule has 7 heteroatoms. The molecule has 0 aliphatic carbocycles. The van der Waals surface area contributed by atoms with Crippen LogP contribution in [0.1, 0.15) is 18.3 Å². The van der Waals surface area contributed by atoms with Crippen LogP contribution in [0.4, 0.5) is 15.9 Å². The monoisotopic (exact) mass is 381 g/mol. The summed E-state index contributed by atoms with van der Waals surface area (Å²) in [5.74, 6) is 0.453. The Morgan fingerprint density at radius 2 is 2.07 bits per heavy atom. The molecule has 2 aromatic carbocycles. The van der Waals surface area contributed by atoms with Gasteiger partial charge in [-0.15, -0.1) is 0 Å². The van der Waals surface area contributed by atoms with E-state index in [9.17, 15) is 4.39 Å². The van der Waals surface area contributed by atoms with E-state index in [1.807, 2.05) is 25.1 Å². The van der Waals surface area contributed by atoms with Crippen LogP contribution in [0, 0.1) is 12.7 Å². The number of nitrogens with zero attached hydrogens (tertiary/aromatic N) is 4. The number of aryl methyl sites for hydroxylation is 1. The molecule has 0 spiro atoms. The van der Waals surface area contributed by atoms with Gasteiger partial charge in [0.1, 0.15) is 17.3 Å². The zero-order chi connectivity index (χ0) is 19.4. The predicted octanol–water partition coefficient (Wildman–Crippen LogP) is 5.56. The normalized spacial score (nSPS) is 11.9. The number of hydrogen-bond acceptors (Lipinski definition) is 5. The summed E-state index contributed by atoms with van der Waals surface area (Å²) in [5, 5.41) is 4.04. The van der Waals surface area contributed by atoms with Gasteiger partial charge in [0.25, 0.3) is 0 Å². The van der Waals surface area contributed by atoms with E-state index in [-0.39, 0.29) is 5.02 Å². The average Bonchev–Trinajstić information content (AvgIpc) is 2.66. The van der Waals surface area contributed by atoms with Crippen molar-refractivity contribution < 1.29 is 4.39 Å². The number of rotatable bonds is 5. The van der Waals surface area contributed by atoms with Gasteiger partial charge in [0.15, 0.2) is 5.82 Å². The van der Waals surface area contributed by atoms with Gasteiger partial charge in [-0.25, -0.2) is 14.4 Å². The minimum absolute atomic E-state index is 0.0281. The first kappa shape index (κ1) is 18.7. The molecule has 0 aliphatic rings. The summed E-state index contributed by atoms with van der Waals surface area (Å²) in [7, 11) is 0. The number of aliphatic imine (C=N–C) groups is 2. The van der Waals surface area contributed by atoms with Gasteiger partial charge in [0.2, 0.25) is 0 Å². The molecule has 0 aliphatic heterocycles. The summed E-state index contributed by atoms with van der Waals surface area (Å²) in [5.41, 5.74) is 2.81. The largest absolute Gasteiger partial charge is 0.340 e. The molecule has 0 saturated heterocycles. The van der Waals surface area contributed by atoms with Crippen LogP contribution in [0.2, 0.25) is 5.02 Å². The van der Waals surface area contributed by atoms with Crippen molar-refractivity contribution in [3.8, 4) is 0 Å². The third-order valence-electron chi connectivity index (χ3n) is 3.86. The standard InChI is InChI=1S/C20H17ClFN5/c1-4-24-11-17(23-3)20-26-18-12(2)6-5-7-14(18)19(27-20)25-13-8-9-16(22)15(21)10-13/h4-11H,3H2,1-2H3,(H,25,26,27)/b17-11-,24-4?. The van der Waals surface area contributed by atoms with Gasteiger partial charge in [-0.1, -0.05) is 23.7 Å². The van der Waals surface area contributed by atoms with Gasteiger partial charge in [-0.05, 0) is 50.4 Å². The maximum absolute atomic E-state index is 13.5. The minimum atomic E-state index is -0.482. The van der Waals surface area contributed by atoms with E-state index >= 15 is 0 Å². The molecule has 0 fully saturated rings. The summed E-state index contributed by atoms with van der Waals surface area (Å²) in [6.45, 7) is 7.34. The molecule has 1 heterocycles.